The van der Waals surface area contributed by atoms with Crippen LogP contribution in [0.25, 0.3) is 16.8 Å². The molecule has 1 N–H and O–H groups in total. The highest BCUT2D eigenvalue weighted by Gasteiger charge is 2.28. The van der Waals surface area contributed by atoms with Gasteiger partial charge in [0.2, 0.25) is 0 Å². The van der Waals surface area contributed by atoms with Crippen LogP contribution in [0.15, 0.2) is 70.7 Å². The Balaban J connectivity index is 1.49. The van der Waals surface area contributed by atoms with E-state index in [2.05, 4.69) is 27.3 Å². The van der Waals surface area contributed by atoms with Gasteiger partial charge in [-0.2, -0.15) is 5.26 Å². The second-order valence-electron chi connectivity index (χ2n) is 9.37. The number of aryl methyl sites for hydroxylation is 1. The van der Waals surface area contributed by atoms with Gasteiger partial charge in [0, 0.05) is 14.9 Å². The molecule has 1 aliphatic carbocycles. The number of amides is 1. The van der Waals surface area contributed by atoms with Gasteiger partial charge in [0.05, 0.1) is 12.2 Å². The van der Waals surface area contributed by atoms with Crippen molar-refractivity contribution in [2.75, 3.05) is 11.9 Å². The lowest BCUT2D eigenvalue weighted by atomic mass is 9.95. The zero-order chi connectivity index (χ0) is 28.1. The molecule has 4 aromatic rings. The van der Waals surface area contributed by atoms with Crippen LogP contribution in [0.3, 0.4) is 0 Å². The van der Waals surface area contributed by atoms with Crippen LogP contribution < -0.4 is 10.1 Å². The number of nitrogens with one attached hydrogen (secondary N) is 1. The normalized spacial score (nSPS) is 12.9. The zero-order valence-corrected chi connectivity index (χ0v) is 24.4. The summed E-state index contributed by atoms with van der Waals surface area (Å²) in [4.78, 5) is 27.4. The number of halogens is 1. The number of fused-ring (bicyclic) bond motifs is 2. The summed E-state index contributed by atoms with van der Waals surface area (Å²) in [6.45, 7) is 2.32. The molecule has 5 rings (SSSR count). The molecule has 1 aromatic heterocycles. The quantitative estimate of drug-likeness (QED) is 0.124. The van der Waals surface area contributed by atoms with E-state index in [1.54, 1.807) is 13.0 Å². The SMILES string of the molecule is CCOC(=O)c1c(NC(=O)C(C#N)=Cc2c(OCc3ccc(Br)cc3)ccc3ccccc23)sc2c1CCCC2. The highest BCUT2D eigenvalue weighted by molar-refractivity contribution is 9.10. The molecule has 0 fully saturated rings. The smallest absolute Gasteiger partial charge is 0.341 e. The molecule has 8 heteroatoms. The van der Waals surface area contributed by atoms with Crippen molar-refractivity contribution in [3.8, 4) is 11.8 Å². The number of esters is 1. The highest BCUT2D eigenvalue weighted by Crippen LogP contribution is 2.39. The van der Waals surface area contributed by atoms with Crippen molar-refractivity contribution in [1.29, 1.82) is 5.26 Å². The van der Waals surface area contributed by atoms with Gasteiger partial charge in [-0.05, 0) is 78.8 Å². The van der Waals surface area contributed by atoms with Crippen molar-refractivity contribution in [3.05, 3.63) is 97.8 Å². The summed E-state index contributed by atoms with van der Waals surface area (Å²) in [5, 5.41) is 15.1. The fraction of sp³-hybridized carbons (Fsp3) is 0.219. The number of benzene rings is 3. The van der Waals surface area contributed by atoms with Crippen LogP contribution >= 0.6 is 27.3 Å². The van der Waals surface area contributed by atoms with Crippen LogP contribution in [0, 0.1) is 11.3 Å². The number of rotatable bonds is 8. The van der Waals surface area contributed by atoms with Crippen molar-refractivity contribution in [1.82, 2.24) is 0 Å². The Labute approximate surface area is 245 Å². The standard InChI is InChI=1S/C32H27BrN2O4S/c1-2-38-32(37)29-25-9-5-6-10-28(25)40-31(29)35-30(36)22(18-34)17-26-24-8-4-3-7-21(24)13-16-27(26)39-19-20-11-14-23(33)15-12-20/h3-4,7-8,11-17H,2,5-6,9-10,19H2,1H3,(H,35,36). The first-order valence-corrected chi connectivity index (χ1v) is 14.7. The van der Waals surface area contributed by atoms with E-state index >= 15 is 0 Å². The molecule has 1 aliphatic rings. The van der Waals surface area contributed by atoms with Crippen LogP contribution in [0.1, 0.15) is 51.7 Å². The van der Waals surface area contributed by atoms with Gasteiger partial charge in [0.15, 0.2) is 0 Å². The van der Waals surface area contributed by atoms with Gasteiger partial charge in [0.25, 0.3) is 5.91 Å². The van der Waals surface area contributed by atoms with Gasteiger partial charge in [-0.3, -0.25) is 4.79 Å². The molecular weight excluding hydrogens is 588 g/mol. The molecule has 1 amide bonds. The number of thiophene rings is 1. The van der Waals surface area contributed by atoms with Crippen molar-refractivity contribution >= 4 is 61.0 Å². The number of nitrogens with zero attached hydrogens (tertiary/aromatic N) is 1. The molecule has 0 saturated carbocycles. The van der Waals surface area contributed by atoms with E-state index in [0.29, 0.717) is 28.5 Å². The minimum absolute atomic E-state index is 0.0916. The van der Waals surface area contributed by atoms with Gasteiger partial charge in [-0.25, -0.2) is 4.79 Å². The third-order valence-corrected chi connectivity index (χ3v) is 8.51. The molecule has 40 heavy (non-hydrogen) atoms. The van der Waals surface area contributed by atoms with E-state index in [4.69, 9.17) is 9.47 Å². The summed E-state index contributed by atoms with van der Waals surface area (Å²) >= 11 is 4.84. The summed E-state index contributed by atoms with van der Waals surface area (Å²) in [5.74, 6) is -0.475. The first-order valence-electron chi connectivity index (χ1n) is 13.1. The third-order valence-electron chi connectivity index (χ3n) is 6.77. The van der Waals surface area contributed by atoms with E-state index in [1.807, 2.05) is 60.7 Å². The zero-order valence-electron chi connectivity index (χ0n) is 22.0. The summed E-state index contributed by atoms with van der Waals surface area (Å²) < 4.78 is 12.5. The Morgan fingerprint density at radius 1 is 1.07 bits per heavy atom. The molecule has 1 heterocycles. The summed E-state index contributed by atoms with van der Waals surface area (Å²) in [6.07, 6.45) is 5.21. The van der Waals surface area contributed by atoms with Crippen molar-refractivity contribution in [2.45, 2.75) is 39.2 Å². The average molecular weight is 616 g/mol. The largest absolute Gasteiger partial charge is 0.488 e. The number of hydrogen-bond acceptors (Lipinski definition) is 6. The number of hydrogen-bond donors (Lipinski definition) is 1. The number of ether oxygens (including phenoxy) is 2. The lowest BCUT2D eigenvalue weighted by molar-refractivity contribution is -0.112. The van der Waals surface area contributed by atoms with Crippen LogP contribution in [0.2, 0.25) is 0 Å². The van der Waals surface area contributed by atoms with Crippen LogP contribution in [0.4, 0.5) is 5.00 Å². The topological polar surface area (TPSA) is 88.4 Å². The Bertz CT molecular complexity index is 1650. The average Bonchev–Trinajstić information content (AvgIpc) is 3.33. The Hall–Kier alpha value is -3.93. The van der Waals surface area contributed by atoms with Crippen LogP contribution in [-0.4, -0.2) is 18.5 Å². The Morgan fingerprint density at radius 3 is 2.62 bits per heavy atom. The summed E-state index contributed by atoms with van der Waals surface area (Å²) in [6, 6.07) is 21.5. The molecule has 0 atom stereocenters. The molecule has 0 saturated heterocycles. The minimum atomic E-state index is -0.585. The molecule has 0 spiro atoms. The molecule has 0 bridgehead atoms. The number of nitriles is 1. The molecule has 0 aliphatic heterocycles. The van der Waals surface area contributed by atoms with E-state index in [1.165, 1.54) is 11.3 Å². The predicted octanol–water partition coefficient (Wildman–Crippen LogP) is 7.84. The predicted molar refractivity (Wildman–Crippen MR) is 162 cm³/mol. The van der Waals surface area contributed by atoms with Gasteiger partial charge in [0.1, 0.15) is 29.0 Å². The van der Waals surface area contributed by atoms with Crippen molar-refractivity contribution < 1.29 is 19.1 Å². The van der Waals surface area contributed by atoms with Crippen LogP contribution in [0.5, 0.6) is 5.75 Å². The van der Waals surface area contributed by atoms with Gasteiger partial charge >= 0.3 is 5.97 Å². The van der Waals surface area contributed by atoms with E-state index < -0.39 is 11.9 Å². The van der Waals surface area contributed by atoms with E-state index in [9.17, 15) is 14.9 Å². The maximum Gasteiger partial charge on any atom is 0.341 e. The third kappa shape index (κ3) is 5.96. The molecule has 6 nitrogen and oxygen atoms in total. The van der Waals surface area contributed by atoms with Gasteiger partial charge in [-0.1, -0.05) is 58.4 Å². The van der Waals surface area contributed by atoms with Crippen molar-refractivity contribution in [2.24, 2.45) is 0 Å². The Morgan fingerprint density at radius 2 is 1.85 bits per heavy atom. The van der Waals surface area contributed by atoms with Crippen LogP contribution in [-0.2, 0) is 29.0 Å². The number of carbonyl (C=O) groups is 2. The summed E-state index contributed by atoms with van der Waals surface area (Å²) in [7, 11) is 0. The van der Waals surface area contributed by atoms with E-state index in [-0.39, 0.29) is 12.2 Å². The number of anilines is 1. The molecule has 3 aromatic carbocycles. The highest BCUT2D eigenvalue weighted by atomic mass is 79.9. The number of carbonyl (C=O) groups excluding carboxylic acids is 2. The lowest BCUT2D eigenvalue weighted by Gasteiger charge is -2.13. The summed E-state index contributed by atoms with van der Waals surface area (Å²) in [5.41, 5.74) is 2.89. The van der Waals surface area contributed by atoms with Crippen molar-refractivity contribution in [3.63, 3.8) is 0 Å². The molecule has 0 unspecified atom stereocenters. The fourth-order valence-corrected chi connectivity index (χ4v) is 6.37. The Kier molecular flexibility index (Phi) is 8.63. The maximum absolute atomic E-state index is 13.5. The minimum Gasteiger partial charge on any atom is -0.488 e. The first-order chi connectivity index (χ1) is 19.5. The molecule has 202 valence electrons. The fourth-order valence-electron chi connectivity index (χ4n) is 4.83. The molecule has 0 radical (unpaired) electrons. The maximum atomic E-state index is 13.5. The lowest BCUT2D eigenvalue weighted by Crippen LogP contribution is -2.16. The monoisotopic (exact) mass is 614 g/mol. The molecular formula is C32H27BrN2O4S. The second kappa shape index (κ2) is 12.5. The van der Waals surface area contributed by atoms with E-state index in [0.717, 1.165) is 56.9 Å². The van der Waals surface area contributed by atoms with Gasteiger partial charge < -0.3 is 14.8 Å². The second-order valence-corrected chi connectivity index (χ2v) is 11.4. The first kappa shape index (κ1) is 27.6. The van der Waals surface area contributed by atoms with Gasteiger partial charge in [-0.15, -0.1) is 11.3 Å².